The molecule has 0 saturated heterocycles. The van der Waals surface area contributed by atoms with E-state index >= 15 is 0 Å². The minimum absolute atomic E-state index is 0.0220. The van der Waals surface area contributed by atoms with Gasteiger partial charge in [-0.1, -0.05) is 71.9 Å². The number of nitrogens with two attached hydrogens (primary N) is 1. The largest absolute Gasteiger partial charge is 0.366 e. The van der Waals surface area contributed by atoms with Crippen LogP contribution in [0.15, 0.2) is 65.2 Å². The molecule has 146 valence electrons. The van der Waals surface area contributed by atoms with Gasteiger partial charge in [0.15, 0.2) is 5.78 Å². The summed E-state index contributed by atoms with van der Waals surface area (Å²) < 4.78 is 0. The summed E-state index contributed by atoms with van der Waals surface area (Å²) in [6, 6.07) is 18.0. The summed E-state index contributed by atoms with van der Waals surface area (Å²) >= 11 is 1.04. The summed E-state index contributed by atoms with van der Waals surface area (Å²) in [5, 5.41) is 12.3. The first kappa shape index (κ1) is 20.4. The molecular formula is C22H19N3O3S. The number of nitriles is 1. The van der Waals surface area contributed by atoms with E-state index in [-0.39, 0.29) is 22.1 Å². The molecule has 1 aliphatic rings. The topological polar surface area (TPSA) is 113 Å². The summed E-state index contributed by atoms with van der Waals surface area (Å²) in [6.45, 7) is 1.93. The van der Waals surface area contributed by atoms with Crippen molar-refractivity contribution in [2.45, 2.75) is 12.8 Å². The van der Waals surface area contributed by atoms with Crippen molar-refractivity contribution in [1.29, 1.82) is 5.26 Å². The first-order valence-corrected chi connectivity index (χ1v) is 9.93. The highest BCUT2D eigenvalue weighted by Crippen LogP contribution is 2.39. The smallest absolute Gasteiger partial charge is 0.247 e. The Balaban J connectivity index is 1.94. The Morgan fingerprint density at radius 1 is 1.14 bits per heavy atom. The number of benzene rings is 2. The average Bonchev–Trinajstić information content (AvgIpc) is 2.72. The Morgan fingerprint density at radius 3 is 2.38 bits per heavy atom. The van der Waals surface area contributed by atoms with Gasteiger partial charge < -0.3 is 11.1 Å². The third kappa shape index (κ3) is 4.39. The molecule has 2 amide bonds. The predicted molar refractivity (Wildman–Crippen MR) is 111 cm³/mol. The first-order chi connectivity index (χ1) is 13.9. The Bertz CT molecular complexity index is 1020. The number of amides is 2. The molecule has 3 N–H and O–H groups in total. The van der Waals surface area contributed by atoms with E-state index in [4.69, 9.17) is 5.73 Å². The third-order valence-corrected chi connectivity index (χ3v) is 5.71. The van der Waals surface area contributed by atoms with Gasteiger partial charge in [0, 0.05) is 11.5 Å². The lowest BCUT2D eigenvalue weighted by Crippen LogP contribution is -2.42. The lowest BCUT2D eigenvalue weighted by atomic mass is 9.78. The molecule has 29 heavy (non-hydrogen) atoms. The van der Waals surface area contributed by atoms with Crippen LogP contribution in [0.2, 0.25) is 0 Å². The predicted octanol–water partition coefficient (Wildman–Crippen LogP) is 2.66. The van der Waals surface area contributed by atoms with Crippen molar-refractivity contribution in [1.82, 2.24) is 5.32 Å². The van der Waals surface area contributed by atoms with Crippen LogP contribution in [0.25, 0.3) is 0 Å². The molecular weight excluding hydrogens is 386 g/mol. The Kier molecular flexibility index (Phi) is 6.15. The molecule has 1 heterocycles. The zero-order valence-electron chi connectivity index (χ0n) is 15.7. The van der Waals surface area contributed by atoms with Crippen molar-refractivity contribution in [3.63, 3.8) is 0 Å². The normalized spacial score (nSPS) is 18.7. The number of ketones is 1. The van der Waals surface area contributed by atoms with Crippen LogP contribution in [-0.4, -0.2) is 23.4 Å². The number of nitrogens with zero attached hydrogens (tertiary/aromatic N) is 1. The fraction of sp³-hybridized carbons (Fsp3) is 0.182. The maximum Gasteiger partial charge on any atom is 0.247 e. The van der Waals surface area contributed by atoms with Crippen molar-refractivity contribution >= 4 is 29.4 Å². The van der Waals surface area contributed by atoms with Gasteiger partial charge in [-0.25, -0.2) is 0 Å². The van der Waals surface area contributed by atoms with E-state index in [1.807, 2.05) is 25.1 Å². The highest BCUT2D eigenvalue weighted by atomic mass is 32.2. The van der Waals surface area contributed by atoms with Gasteiger partial charge in [-0.2, -0.15) is 5.26 Å². The fourth-order valence-electron chi connectivity index (χ4n) is 3.21. The minimum atomic E-state index is -1.09. The number of hydrogen-bond donors (Lipinski definition) is 2. The van der Waals surface area contributed by atoms with Crippen molar-refractivity contribution in [2.24, 2.45) is 11.7 Å². The van der Waals surface area contributed by atoms with Crippen molar-refractivity contribution in [2.75, 3.05) is 5.75 Å². The molecule has 0 unspecified atom stereocenters. The summed E-state index contributed by atoms with van der Waals surface area (Å²) in [5.74, 6) is -3.24. The molecule has 0 aromatic heterocycles. The van der Waals surface area contributed by atoms with Crippen LogP contribution in [0.3, 0.4) is 0 Å². The molecule has 2 atom stereocenters. The van der Waals surface area contributed by atoms with E-state index in [0.717, 1.165) is 17.3 Å². The Morgan fingerprint density at radius 2 is 1.79 bits per heavy atom. The molecule has 6 nitrogen and oxygen atoms in total. The molecule has 0 bridgehead atoms. The lowest BCUT2D eigenvalue weighted by molar-refractivity contribution is -0.123. The van der Waals surface area contributed by atoms with Crippen LogP contribution in [0.5, 0.6) is 0 Å². The fourth-order valence-corrected chi connectivity index (χ4v) is 4.21. The Hall–Kier alpha value is -3.37. The number of primary amides is 1. The zero-order chi connectivity index (χ0) is 21.0. The summed E-state index contributed by atoms with van der Waals surface area (Å²) in [4.78, 5) is 37.3. The van der Waals surface area contributed by atoms with Crippen LogP contribution in [0.4, 0.5) is 0 Å². The average molecular weight is 405 g/mol. The first-order valence-electron chi connectivity index (χ1n) is 8.94. The zero-order valence-corrected chi connectivity index (χ0v) is 16.5. The number of carbonyl (C=O) groups excluding carboxylic acids is 3. The summed E-state index contributed by atoms with van der Waals surface area (Å²) in [6.07, 6.45) is 0. The maximum absolute atomic E-state index is 12.5. The van der Waals surface area contributed by atoms with Crippen LogP contribution < -0.4 is 11.1 Å². The van der Waals surface area contributed by atoms with Crippen LogP contribution in [-0.2, 0) is 9.59 Å². The van der Waals surface area contributed by atoms with E-state index in [1.54, 1.807) is 42.5 Å². The molecule has 0 radical (unpaired) electrons. The van der Waals surface area contributed by atoms with E-state index < -0.39 is 23.7 Å². The molecule has 2 aromatic rings. The van der Waals surface area contributed by atoms with Crippen LogP contribution in [0, 0.1) is 24.2 Å². The van der Waals surface area contributed by atoms with Gasteiger partial charge in [0.25, 0.3) is 0 Å². The Labute approximate surface area is 172 Å². The van der Waals surface area contributed by atoms with Crippen molar-refractivity contribution in [3.8, 4) is 6.07 Å². The molecule has 0 fully saturated rings. The van der Waals surface area contributed by atoms with Gasteiger partial charge in [0.2, 0.25) is 11.8 Å². The quantitative estimate of drug-likeness (QED) is 0.718. The van der Waals surface area contributed by atoms with E-state index in [1.165, 1.54) is 0 Å². The second kappa shape index (κ2) is 8.76. The summed E-state index contributed by atoms with van der Waals surface area (Å²) in [5.41, 5.74) is 8.00. The van der Waals surface area contributed by atoms with Gasteiger partial charge in [-0.05, 0) is 12.5 Å². The number of carbonyl (C=O) groups is 3. The second-order valence-corrected chi connectivity index (χ2v) is 7.65. The monoisotopic (exact) mass is 405 g/mol. The number of Topliss-reactive ketones (excluding diaryl/α,β-unsaturated/α-hetero) is 1. The molecule has 2 aromatic carbocycles. The van der Waals surface area contributed by atoms with Gasteiger partial charge in [0.05, 0.1) is 22.4 Å². The van der Waals surface area contributed by atoms with E-state index in [9.17, 15) is 19.6 Å². The van der Waals surface area contributed by atoms with Crippen molar-refractivity contribution < 1.29 is 14.4 Å². The second-order valence-electron chi connectivity index (χ2n) is 6.67. The lowest BCUT2D eigenvalue weighted by Gasteiger charge is -2.30. The van der Waals surface area contributed by atoms with Gasteiger partial charge in [-0.3, -0.25) is 14.4 Å². The van der Waals surface area contributed by atoms with Gasteiger partial charge in [0.1, 0.15) is 5.92 Å². The molecule has 1 aliphatic heterocycles. The minimum Gasteiger partial charge on any atom is -0.366 e. The van der Waals surface area contributed by atoms with Crippen LogP contribution >= 0.6 is 11.8 Å². The summed E-state index contributed by atoms with van der Waals surface area (Å²) in [7, 11) is 0. The molecule has 0 saturated carbocycles. The molecule has 3 rings (SSSR count). The number of rotatable bonds is 6. The van der Waals surface area contributed by atoms with Gasteiger partial charge in [-0.15, -0.1) is 0 Å². The standard InChI is InChI=1S/C22H19N3O3S/c1-13-7-9-14(10-8-13)17(26)12-29-22-19(20(24)27)18(15-5-3-2-4-6-15)16(11-23)21(28)25-22/h2-10,16,18H,12H2,1H3,(H2,24,27)(H,25,28)/t16-,18-/m1/s1. The maximum atomic E-state index is 12.5. The number of thioether (sulfide) groups is 1. The molecule has 7 heteroatoms. The van der Waals surface area contributed by atoms with Crippen LogP contribution in [0.1, 0.15) is 27.4 Å². The molecule has 0 spiro atoms. The SMILES string of the molecule is Cc1ccc(C(=O)CSC2=C(C(N)=O)[C@H](c3ccccc3)[C@@H](C#N)C(=O)N2)cc1. The van der Waals surface area contributed by atoms with E-state index in [2.05, 4.69) is 5.32 Å². The number of aryl methyl sites for hydroxylation is 1. The molecule has 0 aliphatic carbocycles. The third-order valence-electron chi connectivity index (χ3n) is 4.69. The van der Waals surface area contributed by atoms with Crippen molar-refractivity contribution in [3.05, 3.63) is 81.9 Å². The number of hydrogen-bond acceptors (Lipinski definition) is 5. The highest BCUT2D eigenvalue weighted by Gasteiger charge is 2.41. The highest BCUT2D eigenvalue weighted by molar-refractivity contribution is 8.03. The van der Waals surface area contributed by atoms with Gasteiger partial charge >= 0.3 is 0 Å². The number of nitrogens with one attached hydrogen (secondary N) is 1. The van der Waals surface area contributed by atoms with E-state index in [0.29, 0.717) is 11.1 Å².